The monoisotopic (exact) mass is 250 g/mol. The van der Waals surface area contributed by atoms with Gasteiger partial charge in [-0.2, -0.15) is 0 Å². The number of rotatable bonds is 5. The Labute approximate surface area is 108 Å². The summed E-state index contributed by atoms with van der Waals surface area (Å²) in [5, 5.41) is 13.6. The minimum atomic E-state index is -0.517. The number of nitrogens with one attached hydrogen (secondary N) is 1. The Bertz CT molecular complexity index is 376. The summed E-state index contributed by atoms with van der Waals surface area (Å²) in [7, 11) is 1.62. The van der Waals surface area contributed by atoms with Gasteiger partial charge < -0.3 is 15.2 Å². The van der Waals surface area contributed by atoms with Gasteiger partial charge in [0, 0.05) is 19.2 Å². The third kappa shape index (κ3) is 3.68. The van der Waals surface area contributed by atoms with Crippen LogP contribution in [0.25, 0.3) is 0 Å². The summed E-state index contributed by atoms with van der Waals surface area (Å²) < 4.78 is 5.08. The van der Waals surface area contributed by atoms with Gasteiger partial charge in [0.15, 0.2) is 0 Å². The first-order valence-electron chi connectivity index (χ1n) is 6.65. The molecule has 0 unspecified atom stereocenters. The minimum absolute atomic E-state index is 0.517. The number of pyridine rings is 1. The van der Waals surface area contributed by atoms with Crippen LogP contribution >= 0.6 is 0 Å². The summed E-state index contributed by atoms with van der Waals surface area (Å²) in [5.41, 5.74) is 0.422. The molecule has 0 saturated heterocycles. The van der Waals surface area contributed by atoms with Crippen LogP contribution in [0.3, 0.4) is 0 Å². The molecule has 18 heavy (non-hydrogen) atoms. The molecule has 4 heteroatoms. The summed E-state index contributed by atoms with van der Waals surface area (Å²) in [6.45, 7) is 1.31. The summed E-state index contributed by atoms with van der Waals surface area (Å²) in [5.74, 6) is 0.630. The van der Waals surface area contributed by atoms with Gasteiger partial charge in [-0.3, -0.25) is 0 Å². The van der Waals surface area contributed by atoms with E-state index in [1.165, 1.54) is 6.42 Å². The van der Waals surface area contributed by atoms with Crippen molar-refractivity contribution in [3.63, 3.8) is 0 Å². The van der Waals surface area contributed by atoms with Crippen LogP contribution in [-0.2, 0) is 6.54 Å². The third-order valence-electron chi connectivity index (χ3n) is 3.53. The topological polar surface area (TPSA) is 54.4 Å². The van der Waals surface area contributed by atoms with Crippen molar-refractivity contribution in [2.45, 2.75) is 44.2 Å². The molecule has 0 aromatic carbocycles. The molecule has 0 bridgehead atoms. The fraction of sp³-hybridized carbons (Fsp3) is 0.643. The molecule has 1 saturated carbocycles. The lowest BCUT2D eigenvalue weighted by Gasteiger charge is -2.32. The van der Waals surface area contributed by atoms with Crippen molar-refractivity contribution in [1.82, 2.24) is 10.3 Å². The van der Waals surface area contributed by atoms with Crippen LogP contribution in [0.2, 0.25) is 0 Å². The van der Waals surface area contributed by atoms with Gasteiger partial charge in [-0.1, -0.05) is 25.3 Å². The molecule has 2 rings (SSSR count). The molecule has 4 nitrogen and oxygen atoms in total. The lowest BCUT2D eigenvalue weighted by Crippen LogP contribution is -2.41. The van der Waals surface area contributed by atoms with E-state index in [0.717, 1.165) is 31.4 Å². The zero-order valence-electron chi connectivity index (χ0n) is 11.0. The van der Waals surface area contributed by atoms with Crippen molar-refractivity contribution in [2.75, 3.05) is 13.7 Å². The highest BCUT2D eigenvalue weighted by atomic mass is 16.5. The number of methoxy groups -OCH3 is 1. The van der Waals surface area contributed by atoms with Crippen molar-refractivity contribution in [1.29, 1.82) is 0 Å². The predicted octanol–water partition coefficient (Wildman–Crippen LogP) is 1.87. The zero-order valence-corrected chi connectivity index (χ0v) is 11.0. The minimum Gasteiger partial charge on any atom is -0.481 e. The normalized spacial score (nSPS) is 18.6. The number of nitrogens with zero attached hydrogens (tertiary/aromatic N) is 1. The lowest BCUT2D eigenvalue weighted by molar-refractivity contribution is 0.00461. The quantitative estimate of drug-likeness (QED) is 0.837. The fourth-order valence-electron chi connectivity index (χ4n) is 2.48. The molecule has 0 spiro atoms. The first-order chi connectivity index (χ1) is 8.72. The van der Waals surface area contributed by atoms with Gasteiger partial charge >= 0.3 is 0 Å². The molecular formula is C14H22N2O2. The lowest BCUT2D eigenvalue weighted by atomic mass is 9.85. The molecule has 1 aromatic heterocycles. The maximum Gasteiger partial charge on any atom is 0.213 e. The number of hydrogen-bond donors (Lipinski definition) is 2. The maximum absolute atomic E-state index is 10.3. The first kappa shape index (κ1) is 13.3. The summed E-state index contributed by atoms with van der Waals surface area (Å²) >= 11 is 0. The second kappa shape index (κ2) is 6.16. The zero-order chi connectivity index (χ0) is 12.8. The van der Waals surface area contributed by atoms with Gasteiger partial charge in [0.2, 0.25) is 5.88 Å². The van der Waals surface area contributed by atoms with Gasteiger partial charge in [-0.15, -0.1) is 0 Å². The number of aliphatic hydroxyl groups is 1. The van der Waals surface area contributed by atoms with E-state index in [1.807, 2.05) is 18.2 Å². The van der Waals surface area contributed by atoms with Crippen molar-refractivity contribution in [3.8, 4) is 5.88 Å². The third-order valence-corrected chi connectivity index (χ3v) is 3.53. The van der Waals surface area contributed by atoms with Gasteiger partial charge in [-0.05, 0) is 18.9 Å². The Hall–Kier alpha value is -1.13. The van der Waals surface area contributed by atoms with Gasteiger partial charge in [0.25, 0.3) is 0 Å². The van der Waals surface area contributed by atoms with Crippen molar-refractivity contribution >= 4 is 0 Å². The Morgan fingerprint density at radius 1 is 1.33 bits per heavy atom. The second-order valence-electron chi connectivity index (χ2n) is 5.06. The Morgan fingerprint density at radius 2 is 2.11 bits per heavy atom. The fourth-order valence-corrected chi connectivity index (χ4v) is 2.48. The molecule has 1 aliphatic carbocycles. The highest BCUT2D eigenvalue weighted by molar-refractivity contribution is 5.15. The molecule has 2 N–H and O–H groups in total. The molecule has 1 heterocycles. The molecule has 1 fully saturated rings. The molecule has 1 aliphatic rings. The molecular weight excluding hydrogens is 228 g/mol. The van der Waals surface area contributed by atoms with Gasteiger partial charge in [0.05, 0.1) is 18.4 Å². The molecule has 0 radical (unpaired) electrons. The van der Waals surface area contributed by atoms with Crippen LogP contribution in [0.4, 0.5) is 0 Å². The summed E-state index contributed by atoms with van der Waals surface area (Å²) in [6.07, 6.45) is 5.34. The van der Waals surface area contributed by atoms with E-state index in [2.05, 4.69) is 10.3 Å². The highest BCUT2D eigenvalue weighted by Crippen LogP contribution is 2.27. The van der Waals surface area contributed by atoms with E-state index in [-0.39, 0.29) is 0 Å². The van der Waals surface area contributed by atoms with Crippen LogP contribution in [-0.4, -0.2) is 29.3 Å². The summed E-state index contributed by atoms with van der Waals surface area (Å²) in [4.78, 5) is 4.33. The van der Waals surface area contributed by atoms with E-state index < -0.39 is 5.60 Å². The van der Waals surface area contributed by atoms with Crippen LogP contribution in [0.1, 0.15) is 37.8 Å². The van der Waals surface area contributed by atoms with E-state index in [0.29, 0.717) is 19.0 Å². The smallest absolute Gasteiger partial charge is 0.213 e. The maximum atomic E-state index is 10.3. The van der Waals surface area contributed by atoms with Gasteiger partial charge in [-0.25, -0.2) is 4.98 Å². The average molecular weight is 250 g/mol. The van der Waals surface area contributed by atoms with Crippen LogP contribution in [0, 0.1) is 0 Å². The molecule has 1 aromatic rings. The number of aromatic nitrogens is 1. The van der Waals surface area contributed by atoms with E-state index >= 15 is 0 Å². The molecule has 0 amide bonds. The molecule has 0 atom stereocenters. The standard InChI is InChI=1S/C14H22N2O2/c1-18-13-7-5-6-12(16-13)10-15-11-14(17)8-3-2-4-9-14/h5-7,15,17H,2-4,8-11H2,1H3. The van der Waals surface area contributed by atoms with E-state index in [1.54, 1.807) is 7.11 Å². The van der Waals surface area contributed by atoms with Crippen molar-refractivity contribution in [3.05, 3.63) is 23.9 Å². The predicted molar refractivity (Wildman–Crippen MR) is 70.5 cm³/mol. The largest absolute Gasteiger partial charge is 0.481 e. The van der Waals surface area contributed by atoms with Crippen LogP contribution in [0.15, 0.2) is 18.2 Å². The van der Waals surface area contributed by atoms with E-state index in [9.17, 15) is 5.11 Å². The Balaban J connectivity index is 1.80. The average Bonchev–Trinajstić information content (AvgIpc) is 2.40. The molecule has 100 valence electrons. The van der Waals surface area contributed by atoms with Crippen LogP contribution in [0.5, 0.6) is 5.88 Å². The number of hydrogen-bond acceptors (Lipinski definition) is 4. The van der Waals surface area contributed by atoms with Gasteiger partial charge in [0.1, 0.15) is 0 Å². The Morgan fingerprint density at radius 3 is 2.83 bits per heavy atom. The highest BCUT2D eigenvalue weighted by Gasteiger charge is 2.28. The second-order valence-corrected chi connectivity index (χ2v) is 5.06. The van der Waals surface area contributed by atoms with Crippen molar-refractivity contribution < 1.29 is 9.84 Å². The number of ether oxygens (including phenoxy) is 1. The Kier molecular flexibility index (Phi) is 4.55. The molecule has 0 aliphatic heterocycles. The van der Waals surface area contributed by atoms with Crippen LogP contribution < -0.4 is 10.1 Å². The SMILES string of the molecule is COc1cccc(CNCC2(O)CCCCC2)n1. The van der Waals surface area contributed by atoms with E-state index in [4.69, 9.17) is 4.74 Å². The first-order valence-corrected chi connectivity index (χ1v) is 6.65. The van der Waals surface area contributed by atoms with Crippen molar-refractivity contribution in [2.24, 2.45) is 0 Å². The summed E-state index contributed by atoms with van der Waals surface area (Å²) in [6, 6.07) is 5.72.